The van der Waals surface area contributed by atoms with E-state index >= 15 is 0 Å². The molecule has 0 radical (unpaired) electrons. The minimum Gasteiger partial charge on any atom is -0.382 e. The maximum Gasteiger partial charge on any atom is 0.224 e. The number of amides is 1. The maximum absolute atomic E-state index is 12.4. The lowest BCUT2D eigenvalue weighted by Crippen LogP contribution is -2.37. The first kappa shape index (κ1) is 18.2. The van der Waals surface area contributed by atoms with E-state index in [0.29, 0.717) is 18.3 Å². The number of hydrogen-bond donors (Lipinski definition) is 2. The Morgan fingerprint density at radius 2 is 1.86 bits per heavy atom. The molecule has 0 bridgehead atoms. The van der Waals surface area contributed by atoms with Crippen LogP contribution in [0, 0.1) is 0 Å². The Labute approximate surface area is 170 Å². The zero-order valence-electron chi connectivity index (χ0n) is 16.7. The van der Waals surface area contributed by atoms with E-state index in [0.717, 1.165) is 54.4 Å². The predicted molar refractivity (Wildman–Crippen MR) is 114 cm³/mol. The number of rotatable bonds is 4. The van der Waals surface area contributed by atoms with Gasteiger partial charge in [-0.1, -0.05) is 31.4 Å². The molecule has 2 heterocycles. The molecule has 1 aromatic carbocycles. The van der Waals surface area contributed by atoms with Crippen LogP contribution in [0.5, 0.6) is 0 Å². The van der Waals surface area contributed by atoms with Gasteiger partial charge < -0.3 is 15.6 Å². The fourth-order valence-corrected chi connectivity index (χ4v) is 4.96. The fraction of sp³-hybridized carbons (Fsp3) is 0.435. The molecule has 3 N–H and O–H groups in total. The van der Waals surface area contributed by atoms with Crippen LogP contribution in [0.1, 0.15) is 55.3 Å². The lowest BCUT2D eigenvalue weighted by Gasteiger charge is -2.22. The number of fused-ring (bicyclic) bond motifs is 3. The quantitative estimate of drug-likeness (QED) is 0.715. The highest BCUT2D eigenvalue weighted by Crippen LogP contribution is 2.36. The van der Waals surface area contributed by atoms with Gasteiger partial charge in [0.15, 0.2) is 5.82 Å². The van der Waals surface area contributed by atoms with Crippen molar-refractivity contribution in [1.82, 2.24) is 19.9 Å². The molecule has 2 aliphatic rings. The van der Waals surface area contributed by atoms with Crippen LogP contribution in [0.15, 0.2) is 30.6 Å². The van der Waals surface area contributed by atoms with Gasteiger partial charge in [-0.2, -0.15) is 0 Å². The number of aryl methyl sites for hydroxylation is 1. The summed E-state index contributed by atoms with van der Waals surface area (Å²) < 4.78 is 2.21. The Hall–Kier alpha value is -2.89. The minimum atomic E-state index is 0.120. The van der Waals surface area contributed by atoms with E-state index in [1.165, 1.54) is 30.5 Å². The Morgan fingerprint density at radius 1 is 1.07 bits per heavy atom. The van der Waals surface area contributed by atoms with E-state index in [-0.39, 0.29) is 5.91 Å². The van der Waals surface area contributed by atoms with E-state index < -0.39 is 0 Å². The summed E-state index contributed by atoms with van der Waals surface area (Å²) in [5, 5.41) is 3.20. The number of carbonyl (C=O) groups is 1. The zero-order valence-corrected chi connectivity index (χ0v) is 16.7. The van der Waals surface area contributed by atoms with Gasteiger partial charge in [-0.3, -0.25) is 4.79 Å². The minimum absolute atomic E-state index is 0.120. The van der Waals surface area contributed by atoms with Crippen LogP contribution in [0.4, 0.5) is 5.82 Å². The standard InChI is InChI=1S/C23H27N5O/c24-23-22-21(25-14-26-23)18-7-4-8-19(18)28(22)17-11-9-15(10-12-17)13-20(29)27-16-5-2-1-3-6-16/h9-12,14,16H,1-8,13H2,(H,27,29)(H2,24,25,26). The third-order valence-corrected chi connectivity index (χ3v) is 6.35. The molecule has 150 valence electrons. The number of nitrogen functional groups attached to an aromatic ring is 1. The summed E-state index contributed by atoms with van der Waals surface area (Å²) in [5.74, 6) is 0.634. The molecule has 1 amide bonds. The highest BCUT2D eigenvalue weighted by molar-refractivity contribution is 5.91. The van der Waals surface area contributed by atoms with Crippen LogP contribution >= 0.6 is 0 Å². The van der Waals surface area contributed by atoms with Crippen LogP contribution < -0.4 is 11.1 Å². The smallest absolute Gasteiger partial charge is 0.224 e. The van der Waals surface area contributed by atoms with Crippen molar-refractivity contribution in [3.63, 3.8) is 0 Å². The van der Waals surface area contributed by atoms with Crippen molar-refractivity contribution in [2.45, 2.75) is 63.8 Å². The first-order valence-electron chi connectivity index (χ1n) is 10.7. The van der Waals surface area contributed by atoms with Crippen molar-refractivity contribution < 1.29 is 4.79 Å². The molecule has 29 heavy (non-hydrogen) atoms. The number of nitrogens with zero attached hydrogens (tertiary/aromatic N) is 3. The van der Waals surface area contributed by atoms with Gasteiger partial charge in [-0.25, -0.2) is 9.97 Å². The predicted octanol–water partition coefficient (Wildman–Crippen LogP) is 3.48. The number of hydrogen-bond acceptors (Lipinski definition) is 4. The van der Waals surface area contributed by atoms with Crippen LogP contribution in [-0.4, -0.2) is 26.5 Å². The topological polar surface area (TPSA) is 85.8 Å². The Kier molecular flexibility index (Phi) is 4.70. The normalized spacial score (nSPS) is 16.8. The number of nitrogens with one attached hydrogen (secondary N) is 1. The van der Waals surface area contributed by atoms with Gasteiger partial charge in [0.2, 0.25) is 5.91 Å². The maximum atomic E-state index is 12.4. The van der Waals surface area contributed by atoms with Crippen molar-refractivity contribution in [3.05, 3.63) is 47.4 Å². The molecule has 0 atom stereocenters. The third-order valence-electron chi connectivity index (χ3n) is 6.35. The third kappa shape index (κ3) is 3.37. The van der Waals surface area contributed by atoms with E-state index in [1.807, 2.05) is 12.1 Å². The van der Waals surface area contributed by atoms with E-state index in [9.17, 15) is 4.79 Å². The van der Waals surface area contributed by atoms with Crippen molar-refractivity contribution in [2.24, 2.45) is 0 Å². The van der Waals surface area contributed by atoms with Crippen LogP contribution in [0.2, 0.25) is 0 Å². The number of carbonyl (C=O) groups excluding carboxylic acids is 1. The first-order chi connectivity index (χ1) is 14.2. The van der Waals surface area contributed by atoms with Crippen molar-refractivity contribution in [1.29, 1.82) is 0 Å². The highest BCUT2D eigenvalue weighted by Gasteiger charge is 2.25. The second kappa shape index (κ2) is 7.50. The fourth-order valence-electron chi connectivity index (χ4n) is 4.96. The van der Waals surface area contributed by atoms with Crippen LogP contribution in [0.25, 0.3) is 16.7 Å². The largest absolute Gasteiger partial charge is 0.382 e. The summed E-state index contributed by atoms with van der Waals surface area (Å²) in [6, 6.07) is 8.60. The molecule has 6 nitrogen and oxygen atoms in total. The molecular weight excluding hydrogens is 362 g/mol. The van der Waals surface area contributed by atoms with Crippen molar-refractivity contribution in [3.8, 4) is 5.69 Å². The van der Waals surface area contributed by atoms with Gasteiger partial charge >= 0.3 is 0 Å². The average molecular weight is 390 g/mol. The van der Waals surface area contributed by atoms with Gasteiger partial charge in [-0.15, -0.1) is 0 Å². The van der Waals surface area contributed by atoms with E-state index in [4.69, 9.17) is 5.73 Å². The van der Waals surface area contributed by atoms with E-state index in [1.54, 1.807) is 6.33 Å². The molecule has 6 heteroatoms. The lowest BCUT2D eigenvalue weighted by atomic mass is 9.95. The van der Waals surface area contributed by atoms with Crippen LogP contribution in [0.3, 0.4) is 0 Å². The molecule has 1 saturated carbocycles. The summed E-state index contributed by atoms with van der Waals surface area (Å²) in [4.78, 5) is 21.1. The summed E-state index contributed by atoms with van der Waals surface area (Å²) in [7, 11) is 0. The number of benzene rings is 1. The van der Waals surface area contributed by atoms with E-state index in [2.05, 4.69) is 32.0 Å². The zero-order chi connectivity index (χ0) is 19.8. The van der Waals surface area contributed by atoms with Gasteiger partial charge in [0, 0.05) is 17.4 Å². The molecule has 2 aromatic heterocycles. The monoisotopic (exact) mass is 389 g/mol. The summed E-state index contributed by atoms with van der Waals surface area (Å²) in [5.41, 5.74) is 12.8. The molecule has 2 aliphatic carbocycles. The summed E-state index contributed by atoms with van der Waals surface area (Å²) in [6.07, 6.45) is 11.1. The molecule has 0 unspecified atom stereocenters. The molecular formula is C23H27N5O. The average Bonchev–Trinajstić information content (AvgIpc) is 3.31. The van der Waals surface area contributed by atoms with Crippen molar-refractivity contribution >= 4 is 22.8 Å². The summed E-state index contributed by atoms with van der Waals surface area (Å²) >= 11 is 0. The Morgan fingerprint density at radius 3 is 2.66 bits per heavy atom. The molecule has 0 spiro atoms. The molecule has 0 aliphatic heterocycles. The molecule has 1 fully saturated rings. The Balaban J connectivity index is 1.39. The van der Waals surface area contributed by atoms with Gasteiger partial charge in [0.1, 0.15) is 11.8 Å². The molecule has 0 saturated heterocycles. The molecule has 3 aromatic rings. The number of aromatic nitrogens is 3. The SMILES string of the molecule is Nc1ncnc2c3c(n(-c4ccc(CC(=O)NC5CCCCC5)cc4)c12)CCC3. The highest BCUT2D eigenvalue weighted by atomic mass is 16.1. The number of anilines is 1. The van der Waals surface area contributed by atoms with Crippen LogP contribution in [-0.2, 0) is 24.1 Å². The Bertz CT molecular complexity index is 1050. The number of nitrogens with two attached hydrogens (primary N) is 1. The van der Waals surface area contributed by atoms with Gasteiger partial charge in [0.05, 0.1) is 11.9 Å². The summed E-state index contributed by atoms with van der Waals surface area (Å²) in [6.45, 7) is 0. The van der Waals surface area contributed by atoms with Crippen molar-refractivity contribution in [2.75, 3.05) is 5.73 Å². The second-order valence-electron chi connectivity index (χ2n) is 8.32. The van der Waals surface area contributed by atoms with Gasteiger partial charge in [0.25, 0.3) is 0 Å². The first-order valence-corrected chi connectivity index (χ1v) is 10.7. The lowest BCUT2D eigenvalue weighted by molar-refractivity contribution is -0.121. The second-order valence-corrected chi connectivity index (χ2v) is 8.32. The molecule has 5 rings (SSSR count). The van der Waals surface area contributed by atoms with Gasteiger partial charge in [-0.05, 0) is 55.4 Å².